The fourth-order valence-electron chi connectivity index (χ4n) is 2.96. The molecule has 0 saturated heterocycles. The number of rotatable bonds is 6. The van der Waals surface area contributed by atoms with Crippen LogP contribution in [0.15, 0.2) is 42.5 Å². The fraction of sp³-hybridized carbons (Fsp3) is 0.200. The first kappa shape index (κ1) is 20.8. The Hall–Kier alpha value is -2.90. The highest BCUT2D eigenvalue weighted by Gasteiger charge is 2.40. The normalized spacial score (nSPS) is 13.8. The van der Waals surface area contributed by atoms with Crippen molar-refractivity contribution in [2.45, 2.75) is 13.0 Å². The molecule has 0 saturated carbocycles. The number of carbonyl (C=O) groups is 4. The van der Waals surface area contributed by atoms with E-state index in [9.17, 15) is 19.2 Å². The maximum Gasteiger partial charge on any atom is 0.262 e. The second kappa shape index (κ2) is 8.63. The Labute approximate surface area is 177 Å². The molecule has 0 aliphatic carbocycles. The van der Waals surface area contributed by atoms with Gasteiger partial charge in [0.1, 0.15) is 6.04 Å². The average Bonchev–Trinajstić information content (AvgIpc) is 2.95. The number of imide groups is 1. The first-order chi connectivity index (χ1) is 13.8. The van der Waals surface area contributed by atoms with Crippen molar-refractivity contribution in [3.63, 3.8) is 0 Å². The summed E-state index contributed by atoms with van der Waals surface area (Å²) in [6.07, 6.45) is 0. The molecule has 9 heteroatoms. The molecule has 1 aliphatic heterocycles. The molecule has 3 rings (SSSR count). The highest BCUT2D eigenvalue weighted by atomic mass is 35.5. The van der Waals surface area contributed by atoms with E-state index in [0.717, 1.165) is 4.90 Å². The summed E-state index contributed by atoms with van der Waals surface area (Å²) in [5, 5.41) is 5.87. The molecular formula is C20H17Cl2N3O4. The van der Waals surface area contributed by atoms with Gasteiger partial charge in [0.05, 0.1) is 21.7 Å². The van der Waals surface area contributed by atoms with E-state index in [2.05, 4.69) is 10.6 Å². The van der Waals surface area contributed by atoms with Gasteiger partial charge in [0.2, 0.25) is 5.91 Å². The van der Waals surface area contributed by atoms with E-state index in [0.29, 0.717) is 5.02 Å². The number of nitrogens with one attached hydrogen (secondary N) is 2. The lowest BCUT2D eigenvalue weighted by atomic mass is 10.1. The standard InChI is InChI=1S/C20H17Cl2N3O4/c1-11(25-19(28)13-4-2-3-5-14(13)20(25)29)17(26)23-8-9-24-18(27)15-7-6-12(21)10-16(15)22/h2-7,10-11H,8-9H2,1H3,(H,23,26)(H,24,27). The molecule has 0 spiro atoms. The number of nitrogens with zero attached hydrogens (tertiary/aromatic N) is 1. The van der Waals surface area contributed by atoms with Gasteiger partial charge in [0, 0.05) is 18.1 Å². The van der Waals surface area contributed by atoms with Crippen molar-refractivity contribution in [1.29, 1.82) is 0 Å². The van der Waals surface area contributed by atoms with Crippen LogP contribution in [0.5, 0.6) is 0 Å². The minimum atomic E-state index is -0.983. The molecule has 1 unspecified atom stereocenters. The fourth-order valence-corrected chi connectivity index (χ4v) is 3.45. The van der Waals surface area contributed by atoms with Crippen LogP contribution >= 0.6 is 23.2 Å². The number of hydrogen-bond acceptors (Lipinski definition) is 4. The van der Waals surface area contributed by atoms with Crippen LogP contribution in [0.3, 0.4) is 0 Å². The third kappa shape index (κ3) is 4.26. The van der Waals surface area contributed by atoms with E-state index < -0.39 is 29.7 Å². The number of hydrogen-bond donors (Lipinski definition) is 2. The maximum atomic E-state index is 12.4. The average molecular weight is 434 g/mol. The Morgan fingerprint density at radius 3 is 2.14 bits per heavy atom. The molecule has 2 aromatic rings. The number of halogens is 2. The highest BCUT2D eigenvalue weighted by Crippen LogP contribution is 2.24. The van der Waals surface area contributed by atoms with Gasteiger partial charge in [-0.15, -0.1) is 0 Å². The van der Waals surface area contributed by atoms with Gasteiger partial charge in [-0.3, -0.25) is 24.1 Å². The molecule has 150 valence electrons. The van der Waals surface area contributed by atoms with Gasteiger partial charge in [-0.1, -0.05) is 35.3 Å². The van der Waals surface area contributed by atoms with Crippen molar-refractivity contribution in [2.75, 3.05) is 13.1 Å². The molecule has 0 fully saturated rings. The highest BCUT2D eigenvalue weighted by molar-refractivity contribution is 6.36. The van der Waals surface area contributed by atoms with Crippen LogP contribution in [0.4, 0.5) is 0 Å². The van der Waals surface area contributed by atoms with E-state index in [4.69, 9.17) is 23.2 Å². The SMILES string of the molecule is CC(C(=O)NCCNC(=O)c1ccc(Cl)cc1Cl)N1C(=O)c2ccccc2C1=O. The van der Waals surface area contributed by atoms with Gasteiger partial charge in [-0.05, 0) is 37.3 Å². The molecule has 1 heterocycles. The van der Waals surface area contributed by atoms with Gasteiger partial charge >= 0.3 is 0 Å². The Morgan fingerprint density at radius 1 is 0.966 bits per heavy atom. The summed E-state index contributed by atoms with van der Waals surface area (Å²) in [4.78, 5) is 50.3. The van der Waals surface area contributed by atoms with Crippen molar-refractivity contribution in [1.82, 2.24) is 15.5 Å². The van der Waals surface area contributed by atoms with Crippen LogP contribution in [0.1, 0.15) is 38.0 Å². The second-order valence-electron chi connectivity index (χ2n) is 6.37. The summed E-state index contributed by atoms with van der Waals surface area (Å²) in [7, 11) is 0. The Morgan fingerprint density at radius 2 is 1.55 bits per heavy atom. The Bertz CT molecular complexity index is 974. The first-order valence-electron chi connectivity index (χ1n) is 8.79. The molecule has 2 aromatic carbocycles. The van der Waals surface area contributed by atoms with E-state index in [1.165, 1.54) is 19.1 Å². The number of fused-ring (bicyclic) bond motifs is 1. The molecule has 2 N–H and O–H groups in total. The van der Waals surface area contributed by atoms with Crippen LogP contribution in [0.2, 0.25) is 10.0 Å². The topological polar surface area (TPSA) is 95.6 Å². The summed E-state index contributed by atoms with van der Waals surface area (Å²) in [5.41, 5.74) is 0.829. The lowest BCUT2D eigenvalue weighted by molar-refractivity contribution is -0.124. The predicted molar refractivity (Wildman–Crippen MR) is 108 cm³/mol. The molecule has 0 bridgehead atoms. The van der Waals surface area contributed by atoms with Crippen LogP contribution in [0.25, 0.3) is 0 Å². The maximum absolute atomic E-state index is 12.4. The number of amides is 4. The summed E-state index contributed by atoms with van der Waals surface area (Å²) in [6.45, 7) is 1.73. The predicted octanol–water partition coefficient (Wildman–Crippen LogP) is 2.52. The van der Waals surface area contributed by atoms with Crippen molar-refractivity contribution in [3.8, 4) is 0 Å². The zero-order valence-electron chi connectivity index (χ0n) is 15.4. The monoisotopic (exact) mass is 433 g/mol. The quantitative estimate of drug-likeness (QED) is 0.540. The molecule has 29 heavy (non-hydrogen) atoms. The van der Waals surface area contributed by atoms with Crippen LogP contribution in [0, 0.1) is 0 Å². The lowest BCUT2D eigenvalue weighted by Gasteiger charge is -2.21. The van der Waals surface area contributed by atoms with Crippen molar-refractivity contribution >= 4 is 46.8 Å². The summed E-state index contributed by atoms with van der Waals surface area (Å²) in [5.74, 6) is -1.91. The molecule has 0 radical (unpaired) electrons. The van der Waals surface area contributed by atoms with E-state index in [-0.39, 0.29) is 34.8 Å². The van der Waals surface area contributed by atoms with Gasteiger partial charge < -0.3 is 10.6 Å². The molecule has 4 amide bonds. The summed E-state index contributed by atoms with van der Waals surface area (Å²) < 4.78 is 0. The third-order valence-corrected chi connectivity index (χ3v) is 5.03. The van der Waals surface area contributed by atoms with Crippen molar-refractivity contribution in [2.24, 2.45) is 0 Å². The largest absolute Gasteiger partial charge is 0.353 e. The molecule has 0 aromatic heterocycles. The Balaban J connectivity index is 1.52. The zero-order chi connectivity index (χ0) is 21.1. The van der Waals surface area contributed by atoms with Gasteiger partial charge in [-0.25, -0.2) is 0 Å². The number of benzene rings is 2. The Kier molecular flexibility index (Phi) is 6.20. The summed E-state index contributed by atoms with van der Waals surface area (Å²) >= 11 is 11.8. The lowest BCUT2D eigenvalue weighted by Crippen LogP contribution is -2.49. The summed E-state index contributed by atoms with van der Waals surface area (Å²) in [6, 6.07) is 9.96. The molecule has 7 nitrogen and oxygen atoms in total. The van der Waals surface area contributed by atoms with E-state index in [1.54, 1.807) is 30.3 Å². The third-order valence-electron chi connectivity index (χ3n) is 4.48. The smallest absolute Gasteiger partial charge is 0.262 e. The van der Waals surface area contributed by atoms with Crippen LogP contribution in [-0.4, -0.2) is 47.7 Å². The van der Waals surface area contributed by atoms with Crippen molar-refractivity contribution in [3.05, 3.63) is 69.2 Å². The van der Waals surface area contributed by atoms with Crippen LogP contribution < -0.4 is 10.6 Å². The van der Waals surface area contributed by atoms with E-state index in [1.807, 2.05) is 0 Å². The van der Waals surface area contributed by atoms with Crippen molar-refractivity contribution < 1.29 is 19.2 Å². The van der Waals surface area contributed by atoms with Gasteiger partial charge in [0.15, 0.2) is 0 Å². The van der Waals surface area contributed by atoms with Gasteiger partial charge in [0.25, 0.3) is 17.7 Å². The van der Waals surface area contributed by atoms with Crippen LogP contribution in [-0.2, 0) is 4.79 Å². The first-order valence-corrected chi connectivity index (χ1v) is 9.54. The minimum Gasteiger partial charge on any atom is -0.353 e. The molecule has 1 aliphatic rings. The van der Waals surface area contributed by atoms with E-state index >= 15 is 0 Å². The molecular weight excluding hydrogens is 417 g/mol. The van der Waals surface area contributed by atoms with Gasteiger partial charge in [-0.2, -0.15) is 0 Å². The minimum absolute atomic E-state index is 0.114. The zero-order valence-corrected chi connectivity index (χ0v) is 16.9. The molecule has 1 atom stereocenters. The second-order valence-corrected chi connectivity index (χ2v) is 7.22. The number of carbonyl (C=O) groups excluding carboxylic acids is 4.